The molecule has 2 rings (SSSR count). The highest BCUT2D eigenvalue weighted by atomic mass is 16.1. The summed E-state index contributed by atoms with van der Waals surface area (Å²) in [4.78, 5) is 11.8. The molecule has 2 aliphatic rings. The zero-order valence-corrected chi connectivity index (χ0v) is 7.44. The van der Waals surface area contributed by atoms with Crippen LogP contribution in [0.4, 0.5) is 0 Å². The molecule has 2 bridgehead atoms. The summed E-state index contributed by atoms with van der Waals surface area (Å²) in [7, 11) is 0. The lowest BCUT2D eigenvalue weighted by Crippen LogP contribution is -2.35. The number of fused-ring (bicyclic) bond motifs is 2. The second-order valence-electron chi connectivity index (χ2n) is 4.80. The van der Waals surface area contributed by atoms with Gasteiger partial charge in [-0.3, -0.25) is 4.79 Å². The van der Waals surface area contributed by atoms with Crippen molar-refractivity contribution < 1.29 is 4.79 Å². The van der Waals surface area contributed by atoms with Crippen LogP contribution in [0, 0.1) is 10.8 Å². The number of rotatable bonds is 0. The van der Waals surface area contributed by atoms with Crippen molar-refractivity contribution in [1.82, 2.24) is 0 Å². The molecule has 0 amide bonds. The van der Waals surface area contributed by atoms with Crippen LogP contribution >= 0.6 is 0 Å². The normalized spacial score (nSPS) is 49.8. The molecular weight excluding hydrogens is 136 g/mol. The minimum absolute atomic E-state index is 0.0764. The number of ketones is 1. The van der Waals surface area contributed by atoms with Crippen molar-refractivity contribution in [2.45, 2.75) is 46.0 Å². The van der Waals surface area contributed by atoms with E-state index in [2.05, 4.69) is 13.8 Å². The van der Waals surface area contributed by atoms with E-state index in [4.69, 9.17) is 0 Å². The van der Waals surface area contributed by atoms with Crippen molar-refractivity contribution in [3.05, 3.63) is 0 Å². The Kier molecular flexibility index (Phi) is 1.25. The summed E-state index contributed by atoms with van der Waals surface area (Å²) in [6, 6.07) is 0. The van der Waals surface area contributed by atoms with E-state index in [1.54, 1.807) is 0 Å². The van der Waals surface area contributed by atoms with Crippen molar-refractivity contribution in [1.29, 1.82) is 0 Å². The highest BCUT2D eigenvalue weighted by Crippen LogP contribution is 2.54. The maximum absolute atomic E-state index is 11.8. The Bertz CT molecular complexity index is 189. The van der Waals surface area contributed by atoms with Gasteiger partial charge < -0.3 is 0 Å². The monoisotopic (exact) mass is 152 g/mol. The van der Waals surface area contributed by atoms with E-state index in [0.29, 0.717) is 5.78 Å². The first kappa shape index (κ1) is 7.33. The number of carbonyl (C=O) groups excluding carboxylic acids is 1. The third kappa shape index (κ3) is 0.800. The second-order valence-corrected chi connectivity index (χ2v) is 4.80. The molecule has 1 heteroatoms. The van der Waals surface area contributed by atoms with Crippen LogP contribution in [0.1, 0.15) is 46.0 Å². The molecule has 0 N–H and O–H groups in total. The van der Waals surface area contributed by atoms with Gasteiger partial charge in [0.25, 0.3) is 0 Å². The Labute approximate surface area is 68.2 Å². The Balaban J connectivity index is 2.37. The molecular formula is C10H16O. The van der Waals surface area contributed by atoms with E-state index < -0.39 is 0 Å². The minimum Gasteiger partial charge on any atom is -0.298 e. The summed E-state index contributed by atoms with van der Waals surface area (Å²) in [6.07, 6.45) is 5.83. The van der Waals surface area contributed by atoms with E-state index in [1.165, 1.54) is 6.42 Å². The molecule has 1 nitrogen and oxygen atoms in total. The van der Waals surface area contributed by atoms with Crippen LogP contribution in [-0.4, -0.2) is 5.78 Å². The zero-order chi connectivity index (χ0) is 8.11. The van der Waals surface area contributed by atoms with Crippen molar-refractivity contribution in [2.75, 3.05) is 0 Å². The average molecular weight is 152 g/mol. The first-order chi connectivity index (χ1) is 5.07. The van der Waals surface area contributed by atoms with Gasteiger partial charge in [-0.1, -0.05) is 20.3 Å². The van der Waals surface area contributed by atoms with Gasteiger partial charge >= 0.3 is 0 Å². The van der Waals surface area contributed by atoms with Gasteiger partial charge in [0.2, 0.25) is 0 Å². The standard InChI is InChI=1S/C10H16O/c1-9-4-3-5-10(2,7-6-9)8(9)11/h3-7H2,1-2H3. The van der Waals surface area contributed by atoms with E-state index in [-0.39, 0.29) is 10.8 Å². The Hall–Kier alpha value is -0.330. The number of carbonyl (C=O) groups is 1. The number of hydrogen-bond donors (Lipinski definition) is 0. The van der Waals surface area contributed by atoms with Gasteiger partial charge in [-0.15, -0.1) is 0 Å². The summed E-state index contributed by atoms with van der Waals surface area (Å²) in [5, 5.41) is 0. The van der Waals surface area contributed by atoms with Crippen molar-refractivity contribution in [3.63, 3.8) is 0 Å². The quantitative estimate of drug-likeness (QED) is 0.521. The molecule has 0 aromatic carbocycles. The fourth-order valence-electron chi connectivity index (χ4n) is 2.85. The molecule has 0 heterocycles. The maximum Gasteiger partial charge on any atom is 0.144 e. The molecule has 2 atom stereocenters. The Morgan fingerprint density at radius 1 is 1.00 bits per heavy atom. The fourth-order valence-corrected chi connectivity index (χ4v) is 2.85. The molecule has 11 heavy (non-hydrogen) atoms. The van der Waals surface area contributed by atoms with Gasteiger partial charge in [0.15, 0.2) is 0 Å². The lowest BCUT2D eigenvalue weighted by Gasteiger charge is -2.33. The van der Waals surface area contributed by atoms with Gasteiger partial charge in [0, 0.05) is 10.8 Å². The highest BCUT2D eigenvalue weighted by molar-refractivity contribution is 5.92. The third-order valence-corrected chi connectivity index (χ3v) is 3.78. The van der Waals surface area contributed by atoms with Gasteiger partial charge in [-0.05, 0) is 25.7 Å². The van der Waals surface area contributed by atoms with Crippen LogP contribution in [0.25, 0.3) is 0 Å². The topological polar surface area (TPSA) is 17.1 Å². The minimum atomic E-state index is 0.0764. The van der Waals surface area contributed by atoms with E-state index in [9.17, 15) is 4.79 Å². The zero-order valence-electron chi connectivity index (χ0n) is 7.44. The van der Waals surface area contributed by atoms with Crippen molar-refractivity contribution >= 4 is 5.78 Å². The molecule has 2 unspecified atom stereocenters. The van der Waals surface area contributed by atoms with Crippen LogP contribution in [0.2, 0.25) is 0 Å². The van der Waals surface area contributed by atoms with Crippen molar-refractivity contribution in [2.24, 2.45) is 10.8 Å². The summed E-state index contributed by atoms with van der Waals surface area (Å²) in [5.74, 6) is 0.552. The third-order valence-electron chi connectivity index (χ3n) is 3.78. The summed E-state index contributed by atoms with van der Waals surface area (Å²) < 4.78 is 0. The van der Waals surface area contributed by atoms with Gasteiger partial charge in [-0.2, -0.15) is 0 Å². The Morgan fingerprint density at radius 3 is 1.82 bits per heavy atom. The summed E-state index contributed by atoms with van der Waals surface area (Å²) in [6.45, 7) is 4.31. The highest BCUT2D eigenvalue weighted by Gasteiger charge is 2.53. The van der Waals surface area contributed by atoms with Crippen LogP contribution in [0.15, 0.2) is 0 Å². The van der Waals surface area contributed by atoms with E-state index in [1.807, 2.05) is 0 Å². The first-order valence-electron chi connectivity index (χ1n) is 4.62. The molecule has 2 saturated carbocycles. The van der Waals surface area contributed by atoms with Gasteiger partial charge in [-0.25, -0.2) is 0 Å². The largest absolute Gasteiger partial charge is 0.298 e. The SMILES string of the molecule is CC12CCCC(C)(CC1)C2=O. The second kappa shape index (κ2) is 1.88. The van der Waals surface area contributed by atoms with Crippen LogP contribution in [-0.2, 0) is 4.79 Å². The number of hydrogen-bond acceptors (Lipinski definition) is 1. The van der Waals surface area contributed by atoms with Gasteiger partial charge in [0.1, 0.15) is 5.78 Å². The molecule has 62 valence electrons. The Morgan fingerprint density at radius 2 is 1.45 bits per heavy atom. The molecule has 0 spiro atoms. The number of Topliss-reactive ketones (excluding diaryl/α,β-unsaturated/α-hetero) is 1. The molecule has 0 aromatic rings. The van der Waals surface area contributed by atoms with Crippen LogP contribution in [0.5, 0.6) is 0 Å². The first-order valence-corrected chi connectivity index (χ1v) is 4.62. The lowest BCUT2D eigenvalue weighted by atomic mass is 9.70. The van der Waals surface area contributed by atoms with Gasteiger partial charge in [0.05, 0.1) is 0 Å². The van der Waals surface area contributed by atoms with Crippen molar-refractivity contribution in [3.8, 4) is 0 Å². The molecule has 2 aliphatic carbocycles. The maximum atomic E-state index is 11.8. The summed E-state index contributed by atoms with van der Waals surface area (Å²) >= 11 is 0. The molecule has 0 aromatic heterocycles. The fraction of sp³-hybridized carbons (Fsp3) is 0.900. The molecule has 2 fully saturated rings. The smallest absolute Gasteiger partial charge is 0.144 e. The molecule has 0 radical (unpaired) electrons. The predicted octanol–water partition coefficient (Wildman–Crippen LogP) is 2.55. The van der Waals surface area contributed by atoms with E-state index in [0.717, 1.165) is 25.7 Å². The lowest BCUT2D eigenvalue weighted by molar-refractivity contribution is -0.135. The average Bonchev–Trinajstić information content (AvgIpc) is 2.17. The molecule has 0 aliphatic heterocycles. The van der Waals surface area contributed by atoms with Crippen LogP contribution in [0.3, 0.4) is 0 Å². The van der Waals surface area contributed by atoms with E-state index >= 15 is 0 Å². The van der Waals surface area contributed by atoms with Crippen LogP contribution < -0.4 is 0 Å². The molecule has 0 saturated heterocycles. The predicted molar refractivity (Wildman–Crippen MR) is 44.3 cm³/mol. The summed E-state index contributed by atoms with van der Waals surface area (Å²) in [5.41, 5.74) is 0.153.